The van der Waals surface area contributed by atoms with E-state index in [9.17, 15) is 9.59 Å². The average Bonchev–Trinajstić information content (AvgIpc) is 2.28. The zero-order valence-corrected chi connectivity index (χ0v) is 13.0. The Kier molecular flexibility index (Phi) is 5.11. The Balaban J connectivity index is 2.89. The molecule has 4 nitrogen and oxygen atoms in total. The Morgan fingerprint density at radius 2 is 1.74 bits per heavy atom. The van der Waals surface area contributed by atoms with Crippen molar-refractivity contribution in [3.63, 3.8) is 0 Å². The minimum absolute atomic E-state index is 0.0633. The van der Waals surface area contributed by atoms with Crippen LogP contribution in [0.4, 0.5) is 0 Å². The van der Waals surface area contributed by atoms with E-state index in [2.05, 4.69) is 15.9 Å². The van der Waals surface area contributed by atoms with E-state index in [4.69, 9.17) is 5.73 Å². The first-order valence-electron chi connectivity index (χ1n) is 6.02. The molecule has 5 heteroatoms. The minimum atomic E-state index is -0.537. The van der Waals surface area contributed by atoms with E-state index in [0.29, 0.717) is 6.54 Å². The van der Waals surface area contributed by atoms with E-state index >= 15 is 0 Å². The number of carbonyl (C=O) groups is 2. The quantitative estimate of drug-likeness (QED) is 0.922. The predicted molar refractivity (Wildman–Crippen MR) is 78.2 cm³/mol. The van der Waals surface area contributed by atoms with E-state index in [1.54, 1.807) is 0 Å². The van der Waals surface area contributed by atoms with Crippen LogP contribution in [0.3, 0.4) is 0 Å². The summed E-state index contributed by atoms with van der Waals surface area (Å²) in [6, 6.07) is 7.63. The Bertz CT molecular complexity index is 463. The van der Waals surface area contributed by atoms with Crippen LogP contribution in [-0.4, -0.2) is 23.3 Å². The summed E-state index contributed by atoms with van der Waals surface area (Å²) in [5.41, 5.74) is 5.64. The molecule has 0 unspecified atom stereocenters. The third-order valence-corrected chi connectivity index (χ3v) is 3.09. The topological polar surface area (TPSA) is 63.4 Å². The van der Waals surface area contributed by atoms with Gasteiger partial charge in [0.25, 0.3) is 0 Å². The van der Waals surface area contributed by atoms with Crippen molar-refractivity contribution in [2.75, 3.05) is 6.54 Å². The molecule has 0 spiro atoms. The maximum Gasteiger partial charge on any atom is 0.237 e. The lowest BCUT2D eigenvalue weighted by Crippen LogP contribution is -2.43. The molecule has 1 rings (SSSR count). The van der Waals surface area contributed by atoms with E-state index < -0.39 is 11.3 Å². The zero-order chi connectivity index (χ0) is 14.6. The summed E-state index contributed by atoms with van der Waals surface area (Å²) in [5, 5.41) is 0. The number of hydrogen-bond donors (Lipinski definition) is 1. The number of halogens is 1. The van der Waals surface area contributed by atoms with Gasteiger partial charge in [0, 0.05) is 16.4 Å². The van der Waals surface area contributed by atoms with Gasteiger partial charge in [-0.15, -0.1) is 0 Å². The van der Waals surface area contributed by atoms with Crippen LogP contribution in [-0.2, 0) is 16.1 Å². The van der Waals surface area contributed by atoms with Crippen molar-refractivity contribution in [2.45, 2.75) is 27.3 Å². The fraction of sp³-hybridized carbons (Fsp3) is 0.429. The lowest BCUT2D eigenvalue weighted by Gasteiger charge is -2.28. The summed E-state index contributed by atoms with van der Waals surface area (Å²) in [4.78, 5) is 24.9. The van der Waals surface area contributed by atoms with Crippen LogP contribution in [0.15, 0.2) is 28.7 Å². The second-order valence-corrected chi connectivity index (χ2v) is 6.42. The normalized spacial score (nSPS) is 11.2. The Morgan fingerprint density at radius 1 is 1.21 bits per heavy atom. The van der Waals surface area contributed by atoms with Gasteiger partial charge in [0.15, 0.2) is 0 Å². The molecule has 19 heavy (non-hydrogen) atoms. The number of nitrogens with two attached hydrogens (primary N) is 1. The molecule has 0 saturated carbocycles. The van der Waals surface area contributed by atoms with Crippen molar-refractivity contribution in [1.82, 2.24) is 4.90 Å². The summed E-state index contributed by atoms with van der Waals surface area (Å²) < 4.78 is 0.972. The molecule has 1 aromatic rings. The Hall–Kier alpha value is -1.36. The molecule has 0 aliphatic rings. The largest absolute Gasteiger partial charge is 0.368 e. The SMILES string of the molecule is CC(C)(C)C(=O)N(CC(N)=O)Cc1ccc(Br)cc1. The van der Waals surface area contributed by atoms with Crippen molar-refractivity contribution in [2.24, 2.45) is 11.1 Å². The molecule has 0 fully saturated rings. The van der Waals surface area contributed by atoms with Crippen molar-refractivity contribution in [3.8, 4) is 0 Å². The van der Waals surface area contributed by atoms with Gasteiger partial charge < -0.3 is 10.6 Å². The van der Waals surface area contributed by atoms with E-state index in [-0.39, 0.29) is 12.5 Å². The summed E-state index contributed by atoms with van der Waals surface area (Å²) in [7, 11) is 0. The molecule has 0 bridgehead atoms. The summed E-state index contributed by atoms with van der Waals surface area (Å²) in [6.45, 7) is 5.79. The standard InChI is InChI=1S/C14H19BrN2O2/c1-14(2,3)13(19)17(9-12(16)18)8-10-4-6-11(15)7-5-10/h4-7H,8-9H2,1-3H3,(H2,16,18). The number of amides is 2. The van der Waals surface area contributed by atoms with Crippen LogP contribution in [0, 0.1) is 5.41 Å². The lowest BCUT2D eigenvalue weighted by molar-refractivity contribution is -0.142. The summed E-state index contributed by atoms with van der Waals surface area (Å²) in [6.07, 6.45) is 0. The molecule has 0 aliphatic carbocycles. The van der Waals surface area contributed by atoms with Crippen LogP contribution >= 0.6 is 15.9 Å². The van der Waals surface area contributed by atoms with E-state index in [1.165, 1.54) is 4.90 Å². The highest BCUT2D eigenvalue weighted by molar-refractivity contribution is 9.10. The number of hydrogen-bond acceptors (Lipinski definition) is 2. The highest BCUT2D eigenvalue weighted by atomic mass is 79.9. The molecule has 0 aliphatic heterocycles. The molecule has 2 N–H and O–H groups in total. The van der Waals surface area contributed by atoms with Gasteiger partial charge >= 0.3 is 0 Å². The number of primary amides is 1. The second-order valence-electron chi connectivity index (χ2n) is 5.50. The van der Waals surface area contributed by atoms with Gasteiger partial charge in [0.1, 0.15) is 0 Å². The highest BCUT2D eigenvalue weighted by Gasteiger charge is 2.28. The monoisotopic (exact) mass is 326 g/mol. The molecule has 0 atom stereocenters. The Labute approximate surface area is 122 Å². The van der Waals surface area contributed by atoms with Gasteiger partial charge in [-0.25, -0.2) is 0 Å². The van der Waals surface area contributed by atoms with E-state index in [1.807, 2.05) is 45.0 Å². The molecule has 1 aromatic carbocycles. The van der Waals surface area contributed by atoms with Crippen LogP contribution < -0.4 is 5.73 Å². The van der Waals surface area contributed by atoms with Gasteiger partial charge in [-0.3, -0.25) is 9.59 Å². The first-order chi connectivity index (χ1) is 8.70. The minimum Gasteiger partial charge on any atom is -0.368 e. The maximum absolute atomic E-state index is 12.3. The van der Waals surface area contributed by atoms with Crippen LogP contribution in [0.2, 0.25) is 0 Å². The fourth-order valence-corrected chi connectivity index (χ4v) is 1.94. The lowest BCUT2D eigenvalue weighted by atomic mass is 9.94. The highest BCUT2D eigenvalue weighted by Crippen LogP contribution is 2.19. The summed E-state index contributed by atoms with van der Waals surface area (Å²) in [5.74, 6) is -0.594. The molecule has 0 radical (unpaired) electrons. The zero-order valence-electron chi connectivity index (χ0n) is 11.4. The van der Waals surface area contributed by atoms with Gasteiger partial charge in [0.2, 0.25) is 11.8 Å². The van der Waals surface area contributed by atoms with Gasteiger partial charge in [-0.05, 0) is 17.7 Å². The van der Waals surface area contributed by atoms with Crippen LogP contribution in [0.25, 0.3) is 0 Å². The molecule has 104 valence electrons. The second kappa shape index (κ2) is 6.19. The number of nitrogens with zero attached hydrogens (tertiary/aromatic N) is 1. The van der Waals surface area contributed by atoms with Crippen molar-refractivity contribution in [1.29, 1.82) is 0 Å². The maximum atomic E-state index is 12.3. The molecular weight excluding hydrogens is 308 g/mol. The van der Waals surface area contributed by atoms with Crippen molar-refractivity contribution >= 4 is 27.7 Å². The number of rotatable bonds is 4. The van der Waals surface area contributed by atoms with E-state index in [0.717, 1.165) is 10.0 Å². The Morgan fingerprint density at radius 3 is 2.16 bits per heavy atom. The van der Waals surface area contributed by atoms with Gasteiger partial charge in [-0.2, -0.15) is 0 Å². The number of carbonyl (C=O) groups excluding carboxylic acids is 2. The van der Waals surface area contributed by atoms with Crippen molar-refractivity contribution in [3.05, 3.63) is 34.3 Å². The molecule has 0 saturated heterocycles. The molecular formula is C14H19BrN2O2. The first kappa shape index (κ1) is 15.7. The number of benzene rings is 1. The third kappa shape index (κ3) is 5.03. The smallest absolute Gasteiger partial charge is 0.237 e. The summed E-state index contributed by atoms with van der Waals surface area (Å²) >= 11 is 3.36. The van der Waals surface area contributed by atoms with Gasteiger partial charge in [0.05, 0.1) is 6.54 Å². The van der Waals surface area contributed by atoms with Crippen molar-refractivity contribution < 1.29 is 9.59 Å². The third-order valence-electron chi connectivity index (χ3n) is 2.56. The van der Waals surface area contributed by atoms with Gasteiger partial charge in [-0.1, -0.05) is 48.8 Å². The molecule has 2 amide bonds. The van der Waals surface area contributed by atoms with Crippen LogP contribution in [0.5, 0.6) is 0 Å². The first-order valence-corrected chi connectivity index (χ1v) is 6.81. The van der Waals surface area contributed by atoms with Crippen LogP contribution in [0.1, 0.15) is 26.3 Å². The molecule has 0 heterocycles. The fourth-order valence-electron chi connectivity index (χ4n) is 1.67. The predicted octanol–water partition coefficient (Wildman–Crippen LogP) is 2.31. The molecule has 0 aromatic heterocycles. The average molecular weight is 327 g/mol.